The quantitative estimate of drug-likeness (QED) is 0.203. The van der Waals surface area contributed by atoms with Gasteiger partial charge in [0.05, 0.1) is 13.7 Å². The van der Waals surface area contributed by atoms with Gasteiger partial charge in [0.2, 0.25) is 12.3 Å². The Labute approximate surface area is 211 Å². The SMILES string of the molecule is COc1ccc(N2CCN(C(=O)CCCO[N+](=O)[O-])CC2)cc1.O=CN(Cc1ccccc1)C1CC1. The standard InChI is InChI=1S/C15H21N3O5.C11H13NO/c1-22-14-6-4-13(5-7-14)16-8-10-17(11-9-16)15(19)3-2-12-23-18(20)21;13-9-12(11-6-7-11)8-10-4-2-1-3-5-10/h4-7H,2-3,8-12H2,1H3;1-5,9,11H,6-8H2. The van der Waals surface area contributed by atoms with E-state index in [1.807, 2.05) is 47.4 Å². The molecule has 0 aromatic heterocycles. The molecule has 10 nitrogen and oxygen atoms in total. The summed E-state index contributed by atoms with van der Waals surface area (Å²) in [7, 11) is 1.64. The Kier molecular flexibility index (Phi) is 10.3. The predicted molar refractivity (Wildman–Crippen MR) is 135 cm³/mol. The fourth-order valence-corrected chi connectivity index (χ4v) is 3.98. The molecule has 36 heavy (non-hydrogen) atoms. The van der Waals surface area contributed by atoms with Crippen molar-refractivity contribution >= 4 is 18.0 Å². The van der Waals surface area contributed by atoms with E-state index in [-0.39, 0.29) is 18.9 Å². The highest BCUT2D eigenvalue weighted by Crippen LogP contribution is 2.26. The van der Waals surface area contributed by atoms with Gasteiger partial charge in [-0.2, -0.15) is 0 Å². The van der Waals surface area contributed by atoms with Crippen molar-refractivity contribution in [2.24, 2.45) is 0 Å². The highest BCUT2D eigenvalue weighted by atomic mass is 16.9. The molecular formula is C26H34N4O6. The number of methoxy groups -OCH3 is 1. The van der Waals surface area contributed by atoms with Crippen LogP contribution in [0.2, 0.25) is 0 Å². The number of hydrogen-bond acceptors (Lipinski definition) is 7. The van der Waals surface area contributed by atoms with Crippen LogP contribution in [0.5, 0.6) is 5.75 Å². The Hall–Kier alpha value is -3.82. The van der Waals surface area contributed by atoms with E-state index in [4.69, 9.17) is 4.74 Å². The number of benzene rings is 2. The van der Waals surface area contributed by atoms with Crippen molar-refractivity contribution in [3.8, 4) is 5.75 Å². The van der Waals surface area contributed by atoms with Crippen LogP contribution >= 0.6 is 0 Å². The zero-order valence-corrected chi connectivity index (χ0v) is 20.7. The van der Waals surface area contributed by atoms with Gasteiger partial charge in [-0.1, -0.05) is 30.3 Å². The van der Waals surface area contributed by atoms with Gasteiger partial charge in [-0.25, -0.2) is 0 Å². The van der Waals surface area contributed by atoms with Crippen LogP contribution in [0, 0.1) is 10.1 Å². The summed E-state index contributed by atoms with van der Waals surface area (Å²) in [5.74, 6) is 0.839. The molecule has 0 atom stereocenters. The summed E-state index contributed by atoms with van der Waals surface area (Å²) in [5.41, 5.74) is 2.32. The Morgan fingerprint density at radius 2 is 1.75 bits per heavy atom. The molecule has 0 radical (unpaired) electrons. The van der Waals surface area contributed by atoms with Gasteiger partial charge in [-0.15, -0.1) is 10.1 Å². The number of rotatable bonds is 11. The second-order valence-electron chi connectivity index (χ2n) is 8.72. The van der Waals surface area contributed by atoms with Gasteiger partial charge < -0.3 is 24.3 Å². The lowest BCUT2D eigenvalue weighted by Gasteiger charge is -2.36. The molecule has 1 heterocycles. The summed E-state index contributed by atoms with van der Waals surface area (Å²) in [5, 5.41) is 9.20. The molecule has 2 aliphatic rings. The second-order valence-corrected chi connectivity index (χ2v) is 8.72. The summed E-state index contributed by atoms with van der Waals surface area (Å²) in [6.45, 7) is 3.56. The third-order valence-corrected chi connectivity index (χ3v) is 6.16. The van der Waals surface area contributed by atoms with Crippen molar-refractivity contribution in [2.45, 2.75) is 38.3 Å². The molecule has 1 saturated heterocycles. The number of piperazine rings is 1. The van der Waals surface area contributed by atoms with Gasteiger partial charge in [0.1, 0.15) is 5.75 Å². The number of nitrogens with zero attached hydrogens (tertiary/aromatic N) is 4. The van der Waals surface area contributed by atoms with Gasteiger partial charge in [0.15, 0.2) is 0 Å². The first-order valence-corrected chi connectivity index (χ1v) is 12.2. The van der Waals surface area contributed by atoms with Crippen LogP contribution in [0.3, 0.4) is 0 Å². The van der Waals surface area contributed by atoms with Crippen LogP contribution in [0.4, 0.5) is 5.69 Å². The molecule has 0 bridgehead atoms. The minimum Gasteiger partial charge on any atom is -0.497 e. The third kappa shape index (κ3) is 8.75. The first kappa shape index (κ1) is 26.8. The van der Waals surface area contributed by atoms with Gasteiger partial charge in [-0.3, -0.25) is 9.59 Å². The van der Waals surface area contributed by atoms with E-state index in [1.54, 1.807) is 12.0 Å². The van der Waals surface area contributed by atoms with E-state index in [1.165, 1.54) is 18.4 Å². The Balaban J connectivity index is 0.000000233. The number of carbonyl (C=O) groups is 2. The van der Waals surface area contributed by atoms with E-state index in [9.17, 15) is 19.7 Å². The fourth-order valence-electron chi connectivity index (χ4n) is 3.98. The van der Waals surface area contributed by atoms with Gasteiger partial charge in [0.25, 0.3) is 5.09 Å². The monoisotopic (exact) mass is 498 g/mol. The molecule has 4 rings (SSSR count). The number of amides is 2. The fraction of sp³-hybridized carbons (Fsp3) is 0.462. The Bertz CT molecular complexity index is 960. The minimum absolute atomic E-state index is 0.0197. The topological polar surface area (TPSA) is 105 Å². The molecular weight excluding hydrogens is 464 g/mol. The molecule has 1 aliphatic heterocycles. The molecule has 10 heteroatoms. The van der Waals surface area contributed by atoms with Crippen LogP contribution in [0.1, 0.15) is 31.2 Å². The van der Waals surface area contributed by atoms with Gasteiger partial charge in [-0.05, 0) is 49.1 Å². The highest BCUT2D eigenvalue weighted by molar-refractivity contribution is 5.76. The second kappa shape index (κ2) is 13.9. The lowest BCUT2D eigenvalue weighted by Crippen LogP contribution is -2.48. The van der Waals surface area contributed by atoms with E-state index in [0.717, 1.165) is 37.5 Å². The predicted octanol–water partition coefficient (Wildman–Crippen LogP) is 3.14. The van der Waals surface area contributed by atoms with E-state index in [2.05, 4.69) is 21.9 Å². The molecule has 0 unspecified atom stereocenters. The van der Waals surface area contributed by atoms with Crippen LogP contribution < -0.4 is 9.64 Å². The first-order valence-electron chi connectivity index (χ1n) is 12.2. The smallest absolute Gasteiger partial charge is 0.294 e. The summed E-state index contributed by atoms with van der Waals surface area (Å²) in [4.78, 5) is 42.9. The maximum atomic E-state index is 12.0. The maximum absolute atomic E-state index is 12.0. The summed E-state index contributed by atoms with van der Waals surface area (Å²) in [6, 6.07) is 18.5. The average molecular weight is 499 g/mol. The van der Waals surface area contributed by atoms with Crippen molar-refractivity contribution in [1.82, 2.24) is 9.80 Å². The molecule has 0 N–H and O–H groups in total. The van der Waals surface area contributed by atoms with Crippen LogP contribution in [-0.4, -0.2) is 73.1 Å². The summed E-state index contributed by atoms with van der Waals surface area (Å²) in [6.07, 6.45) is 3.94. The lowest BCUT2D eigenvalue weighted by molar-refractivity contribution is -0.757. The molecule has 2 aromatic rings. The normalized spacial score (nSPS) is 14.8. The van der Waals surface area contributed by atoms with Crippen molar-refractivity contribution in [1.29, 1.82) is 0 Å². The van der Waals surface area contributed by atoms with Crippen molar-refractivity contribution in [2.75, 3.05) is 44.8 Å². The van der Waals surface area contributed by atoms with Crippen molar-refractivity contribution < 1.29 is 24.3 Å². The van der Waals surface area contributed by atoms with E-state index >= 15 is 0 Å². The van der Waals surface area contributed by atoms with Crippen LogP contribution in [-0.2, 0) is 21.0 Å². The molecule has 2 fully saturated rings. The largest absolute Gasteiger partial charge is 0.497 e. The van der Waals surface area contributed by atoms with Gasteiger partial charge >= 0.3 is 0 Å². The van der Waals surface area contributed by atoms with Crippen LogP contribution in [0.25, 0.3) is 0 Å². The maximum Gasteiger partial charge on any atom is 0.294 e. The van der Waals surface area contributed by atoms with E-state index < -0.39 is 5.09 Å². The molecule has 1 saturated carbocycles. The highest BCUT2D eigenvalue weighted by Gasteiger charge is 2.27. The lowest BCUT2D eigenvalue weighted by atomic mass is 10.2. The summed E-state index contributed by atoms with van der Waals surface area (Å²) >= 11 is 0. The molecule has 1 aliphatic carbocycles. The number of anilines is 1. The third-order valence-electron chi connectivity index (χ3n) is 6.16. The first-order chi connectivity index (χ1) is 17.5. The Morgan fingerprint density at radius 1 is 1.08 bits per heavy atom. The van der Waals surface area contributed by atoms with E-state index in [0.29, 0.717) is 25.6 Å². The zero-order chi connectivity index (χ0) is 25.8. The minimum atomic E-state index is -0.835. The Morgan fingerprint density at radius 3 is 2.31 bits per heavy atom. The number of ether oxygens (including phenoxy) is 1. The van der Waals surface area contributed by atoms with Gasteiger partial charge in [0, 0.05) is 50.9 Å². The summed E-state index contributed by atoms with van der Waals surface area (Å²) < 4.78 is 5.14. The molecule has 0 spiro atoms. The molecule has 2 amide bonds. The molecule has 2 aromatic carbocycles. The number of hydrogen-bond donors (Lipinski definition) is 0. The average Bonchev–Trinajstić information content (AvgIpc) is 3.76. The molecule has 194 valence electrons. The zero-order valence-electron chi connectivity index (χ0n) is 20.7. The van der Waals surface area contributed by atoms with Crippen molar-refractivity contribution in [3.63, 3.8) is 0 Å². The van der Waals surface area contributed by atoms with Crippen molar-refractivity contribution in [3.05, 3.63) is 70.3 Å². The van der Waals surface area contributed by atoms with Crippen LogP contribution in [0.15, 0.2) is 54.6 Å². The number of carbonyl (C=O) groups excluding carboxylic acids is 2.